The largest absolute Gasteiger partial charge is 0.452 e. The van der Waals surface area contributed by atoms with Crippen molar-refractivity contribution < 1.29 is 43.8 Å². The Morgan fingerprint density at radius 3 is 2.19 bits per heavy atom. The smallest absolute Gasteiger partial charge is 0.331 e. The predicted octanol–water partition coefficient (Wildman–Crippen LogP) is 7.92. The summed E-state index contributed by atoms with van der Waals surface area (Å²) in [5, 5.41) is 32.8. The van der Waals surface area contributed by atoms with Crippen LogP contribution in [0.1, 0.15) is 99.8 Å². The molecule has 2 aliphatic heterocycles. The summed E-state index contributed by atoms with van der Waals surface area (Å²) >= 11 is 0. The number of methoxy groups -OCH3 is 3. The third-order valence-electron chi connectivity index (χ3n) is 10.6. The number of unbranched alkanes of at least 4 members (excludes halogenated alkanes) is 1. The maximum atomic E-state index is 13.1. The van der Waals surface area contributed by atoms with Crippen LogP contribution >= 0.6 is 0 Å². The first kappa shape index (κ1) is 47.5. The van der Waals surface area contributed by atoms with Crippen LogP contribution in [0.4, 0.5) is 0 Å². The third-order valence-corrected chi connectivity index (χ3v) is 10.6. The van der Waals surface area contributed by atoms with Crippen LogP contribution in [0.25, 0.3) is 0 Å². The minimum atomic E-state index is -0.897. The van der Waals surface area contributed by atoms with Crippen molar-refractivity contribution in [3.8, 4) is 0 Å². The van der Waals surface area contributed by atoms with Crippen molar-refractivity contribution in [3.63, 3.8) is 0 Å². The van der Waals surface area contributed by atoms with Crippen LogP contribution in [-0.2, 0) is 28.5 Å². The van der Waals surface area contributed by atoms with E-state index in [1.807, 2.05) is 39.0 Å². The van der Waals surface area contributed by atoms with Gasteiger partial charge in [0.2, 0.25) is 0 Å². The second-order valence-corrected chi connectivity index (χ2v) is 15.6. The van der Waals surface area contributed by atoms with Crippen LogP contribution in [-0.4, -0.2) is 97.1 Å². The lowest BCUT2D eigenvalue weighted by molar-refractivity contribution is -0.147. The van der Waals surface area contributed by atoms with E-state index < -0.39 is 48.2 Å². The molecule has 0 aromatic carbocycles. The van der Waals surface area contributed by atoms with Gasteiger partial charge in [-0.3, -0.25) is 0 Å². The van der Waals surface area contributed by atoms with Crippen molar-refractivity contribution in [2.24, 2.45) is 17.8 Å². The Balaban J connectivity index is 2.35. The molecule has 9 nitrogen and oxygen atoms in total. The summed E-state index contributed by atoms with van der Waals surface area (Å²) in [5.74, 6) is 0.151. The lowest BCUT2D eigenvalue weighted by Gasteiger charge is -2.25. The van der Waals surface area contributed by atoms with E-state index in [0.717, 1.165) is 43.3 Å². The molecule has 12 atom stereocenters. The molecule has 1 fully saturated rings. The lowest BCUT2D eigenvalue weighted by Crippen LogP contribution is -2.33. The van der Waals surface area contributed by atoms with E-state index in [1.54, 1.807) is 50.7 Å². The molecule has 0 spiro atoms. The molecule has 54 heavy (non-hydrogen) atoms. The summed E-state index contributed by atoms with van der Waals surface area (Å²) in [6.45, 7) is 14.5. The first-order chi connectivity index (χ1) is 25.7. The number of aliphatic hydroxyl groups excluding tert-OH is 3. The number of hydrogen-bond acceptors (Lipinski definition) is 9. The molecule has 0 aromatic rings. The fourth-order valence-electron chi connectivity index (χ4n) is 7.19. The predicted molar refractivity (Wildman–Crippen MR) is 217 cm³/mol. The highest BCUT2D eigenvalue weighted by Gasteiger charge is 2.58. The van der Waals surface area contributed by atoms with Crippen molar-refractivity contribution in [1.29, 1.82) is 0 Å². The Labute approximate surface area is 326 Å². The zero-order valence-corrected chi connectivity index (χ0v) is 34.7. The molecule has 9 heteroatoms. The van der Waals surface area contributed by atoms with Crippen LogP contribution < -0.4 is 0 Å². The van der Waals surface area contributed by atoms with Crippen molar-refractivity contribution in [3.05, 3.63) is 84.1 Å². The highest BCUT2D eigenvalue weighted by Crippen LogP contribution is 2.46. The molecular weight excluding hydrogens is 684 g/mol. The van der Waals surface area contributed by atoms with Gasteiger partial charge in [-0.2, -0.15) is 0 Å². The van der Waals surface area contributed by atoms with Gasteiger partial charge in [-0.25, -0.2) is 4.79 Å². The number of aliphatic hydroxyl groups is 3. The molecule has 12 unspecified atom stereocenters. The molecule has 0 aromatic heterocycles. The summed E-state index contributed by atoms with van der Waals surface area (Å²) < 4.78 is 29.0. The minimum absolute atomic E-state index is 0.0165. The molecule has 0 saturated carbocycles. The SMILES string of the molecule is CCCCC(C)C1OC1(C)C(O)C/C=C/C1OC(=O)/C=C/C=C/C(OC)C(O)/C=C/C(C)=C/C(C)CCCC(OC)C(O)/C=C/C(C)=C/C(C)CC1OC. The van der Waals surface area contributed by atoms with Gasteiger partial charge in [-0.15, -0.1) is 0 Å². The normalized spacial score (nSPS) is 38.2. The molecule has 0 bridgehead atoms. The van der Waals surface area contributed by atoms with E-state index >= 15 is 0 Å². The van der Waals surface area contributed by atoms with Gasteiger partial charge in [0.1, 0.15) is 23.9 Å². The Kier molecular flexibility index (Phi) is 21.8. The molecule has 0 amide bonds. The zero-order valence-electron chi connectivity index (χ0n) is 34.7. The zero-order chi connectivity index (χ0) is 40.3. The number of carbonyl (C=O) groups is 1. The average Bonchev–Trinajstić information content (AvgIpc) is 3.84. The van der Waals surface area contributed by atoms with Gasteiger partial charge < -0.3 is 39.0 Å². The first-order valence-electron chi connectivity index (χ1n) is 19.9. The van der Waals surface area contributed by atoms with Gasteiger partial charge in [0, 0.05) is 27.4 Å². The highest BCUT2D eigenvalue weighted by molar-refractivity contribution is 5.82. The van der Waals surface area contributed by atoms with Crippen LogP contribution in [0.5, 0.6) is 0 Å². The van der Waals surface area contributed by atoms with Crippen molar-refractivity contribution >= 4 is 5.97 Å². The van der Waals surface area contributed by atoms with Crippen LogP contribution in [0.2, 0.25) is 0 Å². The standard InChI is InChI=1S/C45H72O9/c1-11-12-18-35(6)44-45(7,54-44)42(48)22-16-21-40-41(52-10)30-34(5)29-33(4)25-27-37(47)39(51-9)20-15-17-31(2)28-32(3)24-26-36(46)38(50-8)19-13-14-23-43(49)53-40/h13-14,16,19,21,23-29,31,34-42,44,46-48H,11-12,15,17-18,20,22,30H2,1-10H3/b19-13+,21-16+,23-14+,26-24+,27-25+,32-28+,33-29+. The quantitative estimate of drug-likeness (QED) is 0.110. The van der Waals surface area contributed by atoms with E-state index in [-0.39, 0.29) is 18.1 Å². The first-order valence-corrected chi connectivity index (χ1v) is 19.9. The number of hydrogen-bond donors (Lipinski definition) is 3. The maximum absolute atomic E-state index is 13.1. The Morgan fingerprint density at radius 2 is 1.56 bits per heavy atom. The van der Waals surface area contributed by atoms with E-state index in [2.05, 4.69) is 39.8 Å². The Hall–Kier alpha value is -2.63. The molecular formula is C45H72O9. The summed E-state index contributed by atoms with van der Waals surface area (Å²) in [5.41, 5.74) is 1.40. The van der Waals surface area contributed by atoms with Gasteiger partial charge in [0.15, 0.2) is 0 Å². The summed E-state index contributed by atoms with van der Waals surface area (Å²) in [7, 11) is 4.75. The van der Waals surface area contributed by atoms with Crippen molar-refractivity contribution in [2.75, 3.05) is 21.3 Å². The molecule has 0 aliphatic carbocycles. The van der Waals surface area contributed by atoms with E-state index in [1.165, 1.54) is 13.2 Å². The second kappa shape index (κ2) is 24.8. The van der Waals surface area contributed by atoms with E-state index in [9.17, 15) is 20.1 Å². The van der Waals surface area contributed by atoms with Crippen LogP contribution in [0, 0.1) is 17.8 Å². The summed E-state index contributed by atoms with van der Waals surface area (Å²) in [4.78, 5) is 13.1. The monoisotopic (exact) mass is 757 g/mol. The molecule has 306 valence electrons. The number of rotatable bonds is 11. The van der Waals surface area contributed by atoms with Crippen LogP contribution in [0.15, 0.2) is 84.1 Å². The van der Waals surface area contributed by atoms with E-state index in [4.69, 9.17) is 23.7 Å². The number of carbonyl (C=O) groups excluding carboxylic acids is 1. The summed E-state index contributed by atoms with van der Waals surface area (Å²) in [6, 6.07) is 0. The number of ether oxygens (including phenoxy) is 5. The van der Waals surface area contributed by atoms with Gasteiger partial charge in [0.05, 0.1) is 30.5 Å². The van der Waals surface area contributed by atoms with Crippen molar-refractivity contribution in [2.45, 2.75) is 154 Å². The number of allylic oxidation sites excluding steroid dienone is 8. The van der Waals surface area contributed by atoms with Gasteiger partial charge in [-0.1, -0.05) is 119 Å². The molecule has 2 aliphatic rings. The third kappa shape index (κ3) is 16.6. The fourth-order valence-corrected chi connectivity index (χ4v) is 7.19. The van der Waals surface area contributed by atoms with Gasteiger partial charge >= 0.3 is 5.97 Å². The Morgan fingerprint density at radius 1 is 0.907 bits per heavy atom. The fraction of sp³-hybridized carbons (Fsp3) is 0.667. The van der Waals surface area contributed by atoms with Crippen molar-refractivity contribution in [1.82, 2.24) is 0 Å². The van der Waals surface area contributed by atoms with Crippen LogP contribution in [0.3, 0.4) is 0 Å². The minimum Gasteiger partial charge on any atom is -0.452 e. The molecule has 1 saturated heterocycles. The highest BCUT2D eigenvalue weighted by atomic mass is 16.6. The van der Waals surface area contributed by atoms with Gasteiger partial charge in [0.25, 0.3) is 0 Å². The molecule has 2 heterocycles. The number of cyclic esters (lactones) is 1. The Bertz CT molecular complexity index is 1310. The van der Waals surface area contributed by atoms with Gasteiger partial charge in [-0.05, 0) is 76.7 Å². The topological polar surface area (TPSA) is 127 Å². The van der Waals surface area contributed by atoms with E-state index in [0.29, 0.717) is 31.1 Å². The number of esters is 1. The molecule has 3 N–H and O–H groups in total. The molecule has 0 radical (unpaired) electrons. The lowest BCUT2D eigenvalue weighted by atomic mass is 9.88. The molecule has 2 rings (SSSR count). The maximum Gasteiger partial charge on any atom is 0.331 e. The second-order valence-electron chi connectivity index (χ2n) is 15.6. The average molecular weight is 757 g/mol. The number of epoxide rings is 1. The summed E-state index contributed by atoms with van der Waals surface area (Å²) in [6.07, 6.45) is 23.6.